The second-order valence-corrected chi connectivity index (χ2v) is 8.58. The molecule has 0 bridgehead atoms. The molecule has 0 saturated heterocycles. The second-order valence-electron chi connectivity index (χ2n) is 6.72. The van der Waals surface area contributed by atoms with Gasteiger partial charge in [0.1, 0.15) is 22.4 Å². The van der Waals surface area contributed by atoms with Crippen molar-refractivity contribution in [3.8, 4) is 5.69 Å². The van der Waals surface area contributed by atoms with Gasteiger partial charge in [-0.15, -0.1) is 0 Å². The molecule has 2 aromatic heterocycles. The van der Waals surface area contributed by atoms with E-state index < -0.39 is 10.4 Å². The number of anilines is 1. The van der Waals surface area contributed by atoms with Crippen LogP contribution >= 0.6 is 23.2 Å². The van der Waals surface area contributed by atoms with Crippen LogP contribution in [-0.4, -0.2) is 36.6 Å². The quantitative estimate of drug-likeness (QED) is 0.830. The van der Waals surface area contributed by atoms with Crippen LogP contribution in [0.5, 0.6) is 0 Å². The highest BCUT2D eigenvalue weighted by Gasteiger charge is 2.23. The van der Waals surface area contributed by atoms with Crippen molar-refractivity contribution in [3.63, 3.8) is 0 Å². The van der Waals surface area contributed by atoms with Gasteiger partial charge in [0.25, 0.3) is 0 Å². The Morgan fingerprint density at radius 2 is 2.00 bits per heavy atom. The van der Waals surface area contributed by atoms with Crippen LogP contribution in [0.2, 0.25) is 0 Å². The average molecular weight is 374 g/mol. The molecule has 24 heavy (non-hydrogen) atoms. The van der Waals surface area contributed by atoms with Gasteiger partial charge in [0.15, 0.2) is 0 Å². The van der Waals surface area contributed by atoms with Crippen molar-refractivity contribution in [2.75, 3.05) is 11.9 Å². The van der Waals surface area contributed by atoms with Crippen molar-refractivity contribution in [1.29, 1.82) is 0 Å². The van der Waals surface area contributed by atoms with Crippen LogP contribution in [0.25, 0.3) is 5.69 Å². The minimum Gasteiger partial charge on any atom is -0.446 e. The molecule has 9 heteroatoms. The molecule has 0 aromatic carbocycles. The molecule has 0 unspecified atom stereocenters. The molecule has 0 aliphatic carbocycles. The van der Waals surface area contributed by atoms with Crippen molar-refractivity contribution in [2.45, 2.75) is 37.4 Å². The summed E-state index contributed by atoms with van der Waals surface area (Å²) in [6.45, 7) is 7.53. The number of aryl methyl sites for hydroxylation is 1. The van der Waals surface area contributed by atoms with E-state index in [0.29, 0.717) is 5.82 Å². The van der Waals surface area contributed by atoms with Crippen LogP contribution in [0, 0.1) is 0 Å². The fraction of sp³-hybridized carbons (Fsp3) is 0.533. The van der Waals surface area contributed by atoms with Crippen LogP contribution < -0.4 is 5.32 Å². The highest BCUT2D eigenvalue weighted by atomic mass is 35.5. The maximum atomic E-state index is 12.0. The predicted molar refractivity (Wildman–Crippen MR) is 94.1 cm³/mol. The first-order valence-electron chi connectivity index (χ1n) is 7.37. The Balaban J connectivity index is 2.27. The van der Waals surface area contributed by atoms with E-state index in [1.165, 1.54) is 0 Å². The number of carbonyl (C=O) groups is 1. The molecule has 0 radical (unpaired) electrons. The van der Waals surface area contributed by atoms with Gasteiger partial charge in [0, 0.05) is 18.5 Å². The summed E-state index contributed by atoms with van der Waals surface area (Å²) in [5.41, 5.74) is 1.36. The summed E-state index contributed by atoms with van der Waals surface area (Å²) in [7, 11) is 1.81. The van der Waals surface area contributed by atoms with Gasteiger partial charge in [-0.05, 0) is 6.92 Å². The zero-order valence-corrected chi connectivity index (χ0v) is 15.8. The zero-order chi connectivity index (χ0) is 18.1. The number of alkyl halides is 2. The number of aromatic nitrogens is 4. The first-order chi connectivity index (χ1) is 11.0. The average Bonchev–Trinajstić information content (AvgIpc) is 3.01. The molecule has 0 aliphatic rings. The number of hydrogen-bond acceptors (Lipinski definition) is 4. The topological polar surface area (TPSA) is 74.0 Å². The second kappa shape index (κ2) is 6.64. The Morgan fingerprint density at radius 3 is 2.50 bits per heavy atom. The monoisotopic (exact) mass is 373 g/mol. The number of hydrogen-bond donors (Lipinski definition) is 1. The third-order valence-electron chi connectivity index (χ3n) is 3.10. The van der Waals surface area contributed by atoms with E-state index in [1.807, 2.05) is 20.8 Å². The minimum absolute atomic E-state index is 0.130. The SMILES string of the molecule is Cn1cc(-n2nc(C(C)(C)C)cc2NC(=O)OCC(C)(Cl)Cl)cn1. The van der Waals surface area contributed by atoms with Gasteiger partial charge in [-0.2, -0.15) is 10.2 Å². The maximum Gasteiger partial charge on any atom is 0.412 e. The molecule has 132 valence electrons. The molecule has 0 spiro atoms. The summed E-state index contributed by atoms with van der Waals surface area (Å²) in [6, 6.07) is 1.80. The predicted octanol–water partition coefficient (Wildman–Crippen LogP) is 3.65. The van der Waals surface area contributed by atoms with Gasteiger partial charge in [-0.25, -0.2) is 9.48 Å². The van der Waals surface area contributed by atoms with Gasteiger partial charge < -0.3 is 4.74 Å². The van der Waals surface area contributed by atoms with Crippen molar-refractivity contribution in [3.05, 3.63) is 24.2 Å². The van der Waals surface area contributed by atoms with Gasteiger partial charge in [0.05, 0.1) is 18.1 Å². The molecule has 0 fully saturated rings. The summed E-state index contributed by atoms with van der Waals surface area (Å²) < 4.78 is 7.15. The third kappa shape index (κ3) is 4.88. The lowest BCUT2D eigenvalue weighted by atomic mass is 9.92. The number of ether oxygens (including phenoxy) is 1. The Hall–Kier alpha value is -1.73. The van der Waals surface area contributed by atoms with Crippen LogP contribution in [0.4, 0.5) is 10.6 Å². The number of nitrogens with zero attached hydrogens (tertiary/aromatic N) is 4. The maximum absolute atomic E-state index is 12.0. The molecule has 1 N–H and O–H groups in total. The molecular formula is C15H21Cl2N5O2. The Bertz CT molecular complexity index is 725. The standard InChI is InChI=1S/C15H21Cl2N5O2/c1-14(2,3)11-6-12(19-13(23)24-9-15(4,16)17)22(20-11)10-7-18-21(5)8-10/h6-8H,9H2,1-5H3,(H,19,23). The van der Waals surface area contributed by atoms with Crippen LogP contribution in [0.3, 0.4) is 0 Å². The number of carbonyl (C=O) groups excluding carboxylic acids is 1. The summed E-state index contributed by atoms with van der Waals surface area (Å²) in [5.74, 6) is 0.476. The summed E-state index contributed by atoms with van der Waals surface area (Å²) in [6.07, 6.45) is 2.79. The third-order valence-corrected chi connectivity index (χ3v) is 3.32. The fourth-order valence-corrected chi connectivity index (χ4v) is 1.99. The zero-order valence-electron chi connectivity index (χ0n) is 14.3. The van der Waals surface area contributed by atoms with E-state index >= 15 is 0 Å². The van der Waals surface area contributed by atoms with E-state index in [2.05, 4.69) is 15.5 Å². The minimum atomic E-state index is -1.14. The highest BCUT2D eigenvalue weighted by molar-refractivity contribution is 6.48. The smallest absolute Gasteiger partial charge is 0.412 e. The lowest BCUT2D eigenvalue weighted by Gasteiger charge is -2.14. The van der Waals surface area contributed by atoms with Gasteiger partial charge in [0.2, 0.25) is 0 Å². The lowest BCUT2D eigenvalue weighted by molar-refractivity contribution is 0.159. The highest BCUT2D eigenvalue weighted by Crippen LogP contribution is 2.26. The molecule has 0 saturated carbocycles. The number of amides is 1. The van der Waals surface area contributed by atoms with E-state index in [9.17, 15) is 4.79 Å². The van der Waals surface area contributed by atoms with Crippen LogP contribution in [-0.2, 0) is 17.2 Å². The van der Waals surface area contributed by atoms with E-state index in [1.54, 1.807) is 41.8 Å². The van der Waals surface area contributed by atoms with Crippen LogP contribution in [0.15, 0.2) is 18.5 Å². The molecule has 2 rings (SSSR count). The van der Waals surface area contributed by atoms with Crippen LogP contribution in [0.1, 0.15) is 33.4 Å². The Morgan fingerprint density at radius 1 is 1.33 bits per heavy atom. The van der Waals surface area contributed by atoms with E-state index in [-0.39, 0.29) is 12.0 Å². The van der Waals surface area contributed by atoms with Crippen molar-refractivity contribution in [2.24, 2.45) is 7.05 Å². The molecule has 7 nitrogen and oxygen atoms in total. The molecule has 0 aliphatic heterocycles. The molecule has 2 aromatic rings. The first kappa shape index (κ1) is 18.6. The molecule has 2 heterocycles. The van der Waals surface area contributed by atoms with Crippen molar-refractivity contribution < 1.29 is 9.53 Å². The van der Waals surface area contributed by atoms with Crippen molar-refractivity contribution in [1.82, 2.24) is 19.6 Å². The molecule has 0 atom stereocenters. The lowest BCUT2D eigenvalue weighted by Crippen LogP contribution is -2.23. The summed E-state index contributed by atoms with van der Waals surface area (Å²) in [4.78, 5) is 12.0. The summed E-state index contributed by atoms with van der Waals surface area (Å²) in [5, 5.41) is 11.4. The van der Waals surface area contributed by atoms with E-state index in [4.69, 9.17) is 27.9 Å². The largest absolute Gasteiger partial charge is 0.446 e. The van der Waals surface area contributed by atoms with Gasteiger partial charge in [-0.1, -0.05) is 44.0 Å². The Kier molecular flexibility index (Phi) is 5.15. The molecule has 1 amide bonds. The number of nitrogens with one attached hydrogen (secondary N) is 1. The van der Waals surface area contributed by atoms with Gasteiger partial charge in [-0.3, -0.25) is 10.00 Å². The van der Waals surface area contributed by atoms with Crippen molar-refractivity contribution >= 4 is 35.1 Å². The number of halogens is 2. The number of rotatable bonds is 4. The van der Waals surface area contributed by atoms with Gasteiger partial charge >= 0.3 is 6.09 Å². The Labute approximate surface area is 150 Å². The van der Waals surface area contributed by atoms with E-state index in [0.717, 1.165) is 11.4 Å². The normalized spacial score (nSPS) is 12.3. The fourth-order valence-electron chi connectivity index (χ4n) is 1.88. The summed E-state index contributed by atoms with van der Waals surface area (Å²) >= 11 is 11.6. The first-order valence-corrected chi connectivity index (χ1v) is 8.12. The molecular weight excluding hydrogens is 353 g/mol.